The highest BCUT2D eigenvalue weighted by Gasteiger charge is 2.26. The largest absolute Gasteiger partial charge is 0.492 e. The lowest BCUT2D eigenvalue weighted by molar-refractivity contribution is 0.0554. The number of aliphatic hydroxyl groups is 1. The van der Waals surface area contributed by atoms with E-state index in [2.05, 4.69) is 0 Å². The summed E-state index contributed by atoms with van der Waals surface area (Å²) in [5.41, 5.74) is 5.98. The Kier molecular flexibility index (Phi) is 6.41. The van der Waals surface area contributed by atoms with Crippen LogP contribution in [-0.4, -0.2) is 57.8 Å². The number of anilines is 1. The summed E-state index contributed by atoms with van der Waals surface area (Å²) in [7, 11) is -1.000. The van der Waals surface area contributed by atoms with Gasteiger partial charge in [0.2, 0.25) is 10.0 Å². The zero-order valence-corrected chi connectivity index (χ0v) is 13.3. The first kappa shape index (κ1) is 17.7. The summed E-state index contributed by atoms with van der Waals surface area (Å²) in [5, 5.41) is 9.67. The minimum absolute atomic E-state index is 0.0172. The highest BCUT2D eigenvalue weighted by Crippen LogP contribution is 2.28. The predicted molar refractivity (Wildman–Crippen MR) is 79.7 cm³/mol. The fourth-order valence-electron chi connectivity index (χ4n) is 1.81. The second kappa shape index (κ2) is 7.60. The van der Waals surface area contributed by atoms with E-state index in [1.165, 1.54) is 26.3 Å². The molecule has 1 aromatic rings. The van der Waals surface area contributed by atoms with Crippen LogP contribution in [0.15, 0.2) is 23.1 Å². The molecule has 0 amide bonds. The Morgan fingerprint density at radius 1 is 1.43 bits per heavy atom. The van der Waals surface area contributed by atoms with E-state index in [-0.39, 0.29) is 23.8 Å². The zero-order valence-electron chi connectivity index (χ0n) is 12.4. The fourth-order valence-corrected chi connectivity index (χ4v) is 3.18. The van der Waals surface area contributed by atoms with Crippen LogP contribution in [0.3, 0.4) is 0 Å². The number of ether oxygens (including phenoxy) is 2. The first-order chi connectivity index (χ1) is 9.82. The predicted octanol–water partition coefficient (Wildman–Crippen LogP) is 0.295. The summed E-state index contributed by atoms with van der Waals surface area (Å²) >= 11 is 0. The molecular formula is C13H22N2O5S. The van der Waals surface area contributed by atoms with Crippen LogP contribution in [0.25, 0.3) is 0 Å². The van der Waals surface area contributed by atoms with Gasteiger partial charge in [-0.15, -0.1) is 0 Å². The number of hydrogen-bond donors (Lipinski definition) is 2. The van der Waals surface area contributed by atoms with E-state index >= 15 is 0 Å². The number of rotatable bonds is 8. The van der Waals surface area contributed by atoms with E-state index in [0.29, 0.717) is 12.3 Å². The lowest BCUT2D eigenvalue weighted by atomic mass is 10.3. The average Bonchev–Trinajstić information content (AvgIpc) is 2.41. The van der Waals surface area contributed by atoms with Crippen molar-refractivity contribution in [1.29, 1.82) is 0 Å². The van der Waals surface area contributed by atoms with Crippen molar-refractivity contribution in [2.24, 2.45) is 0 Å². The van der Waals surface area contributed by atoms with Gasteiger partial charge in [-0.2, -0.15) is 4.31 Å². The normalized spacial score (nSPS) is 13.4. The smallest absolute Gasteiger partial charge is 0.246 e. The third kappa shape index (κ3) is 4.57. The van der Waals surface area contributed by atoms with Gasteiger partial charge in [0.1, 0.15) is 10.6 Å². The van der Waals surface area contributed by atoms with Crippen LogP contribution in [0.2, 0.25) is 0 Å². The number of nitrogens with zero attached hydrogens (tertiary/aromatic N) is 1. The van der Waals surface area contributed by atoms with Gasteiger partial charge in [0.25, 0.3) is 0 Å². The molecule has 0 heterocycles. The van der Waals surface area contributed by atoms with Gasteiger partial charge in [0, 0.05) is 26.4 Å². The molecule has 1 rings (SSSR count). The van der Waals surface area contributed by atoms with E-state index in [4.69, 9.17) is 15.2 Å². The number of sulfonamides is 1. The van der Waals surface area contributed by atoms with Crippen molar-refractivity contribution in [3.8, 4) is 5.75 Å². The molecule has 0 radical (unpaired) electrons. The number of methoxy groups -OCH3 is 1. The van der Waals surface area contributed by atoms with Crippen LogP contribution >= 0.6 is 0 Å². The van der Waals surface area contributed by atoms with Gasteiger partial charge in [-0.25, -0.2) is 8.42 Å². The van der Waals surface area contributed by atoms with Gasteiger partial charge in [0.15, 0.2) is 0 Å². The summed E-state index contributed by atoms with van der Waals surface area (Å²) in [6.45, 7) is 2.06. The Labute approximate surface area is 125 Å². The summed E-state index contributed by atoms with van der Waals surface area (Å²) in [5.74, 6) is 0.236. The van der Waals surface area contributed by atoms with E-state index in [1.54, 1.807) is 13.0 Å². The molecule has 8 heteroatoms. The molecule has 0 aliphatic heterocycles. The highest BCUT2D eigenvalue weighted by atomic mass is 32.2. The van der Waals surface area contributed by atoms with E-state index in [9.17, 15) is 13.5 Å². The molecule has 3 N–H and O–H groups in total. The Bertz CT molecular complexity index is 562. The highest BCUT2D eigenvalue weighted by molar-refractivity contribution is 7.89. The third-order valence-corrected chi connectivity index (χ3v) is 4.63. The van der Waals surface area contributed by atoms with Gasteiger partial charge < -0.3 is 20.3 Å². The van der Waals surface area contributed by atoms with Crippen molar-refractivity contribution < 1.29 is 23.0 Å². The molecule has 0 fully saturated rings. The van der Waals surface area contributed by atoms with Crippen molar-refractivity contribution in [2.45, 2.75) is 17.9 Å². The van der Waals surface area contributed by atoms with Crippen molar-refractivity contribution >= 4 is 15.7 Å². The van der Waals surface area contributed by atoms with Crippen molar-refractivity contribution in [2.75, 3.05) is 39.6 Å². The topological polar surface area (TPSA) is 102 Å². The molecule has 1 atom stereocenters. The minimum Gasteiger partial charge on any atom is -0.492 e. The SMILES string of the molecule is CCOc1ccc(N)cc1S(=O)(=O)N(C)CC(O)COC. The molecule has 7 nitrogen and oxygen atoms in total. The maximum Gasteiger partial charge on any atom is 0.246 e. The number of nitrogen functional groups attached to an aromatic ring is 1. The van der Waals surface area contributed by atoms with Gasteiger partial charge in [0.05, 0.1) is 19.3 Å². The van der Waals surface area contributed by atoms with Crippen LogP contribution < -0.4 is 10.5 Å². The van der Waals surface area contributed by atoms with Crippen LogP contribution in [0, 0.1) is 0 Å². The average molecular weight is 318 g/mol. The Balaban J connectivity index is 3.08. The summed E-state index contributed by atoms with van der Waals surface area (Å²) in [6.07, 6.45) is -0.911. The number of aliphatic hydroxyl groups excluding tert-OH is 1. The number of likely N-dealkylation sites (N-methyl/N-ethyl adjacent to an activating group) is 1. The molecule has 0 bridgehead atoms. The first-order valence-electron chi connectivity index (χ1n) is 6.48. The van der Waals surface area contributed by atoms with Gasteiger partial charge in [-0.05, 0) is 25.1 Å². The number of benzene rings is 1. The van der Waals surface area contributed by atoms with Crippen LogP contribution in [0.4, 0.5) is 5.69 Å². The molecule has 0 aliphatic rings. The second-order valence-electron chi connectivity index (χ2n) is 4.53. The standard InChI is InChI=1S/C13H22N2O5S/c1-4-20-12-6-5-10(14)7-13(12)21(17,18)15(2)8-11(16)9-19-3/h5-7,11,16H,4,8-9,14H2,1-3H3. The van der Waals surface area contributed by atoms with Crippen LogP contribution in [0.1, 0.15) is 6.92 Å². The number of hydrogen-bond acceptors (Lipinski definition) is 6. The Morgan fingerprint density at radius 3 is 2.67 bits per heavy atom. The minimum atomic E-state index is -3.81. The quantitative estimate of drug-likeness (QED) is 0.668. The van der Waals surface area contributed by atoms with E-state index in [1.807, 2.05) is 0 Å². The summed E-state index contributed by atoms with van der Waals surface area (Å²) in [6, 6.07) is 4.44. The summed E-state index contributed by atoms with van der Waals surface area (Å²) in [4.78, 5) is -0.0172. The second-order valence-corrected chi connectivity index (χ2v) is 6.55. The maximum absolute atomic E-state index is 12.6. The van der Waals surface area contributed by atoms with Crippen molar-refractivity contribution in [3.05, 3.63) is 18.2 Å². The Hall–Kier alpha value is -1.35. The van der Waals surface area contributed by atoms with Gasteiger partial charge in [-0.1, -0.05) is 0 Å². The molecule has 0 spiro atoms. The molecule has 21 heavy (non-hydrogen) atoms. The third-order valence-electron chi connectivity index (χ3n) is 2.78. The van der Waals surface area contributed by atoms with Crippen LogP contribution in [0.5, 0.6) is 5.75 Å². The van der Waals surface area contributed by atoms with E-state index < -0.39 is 16.1 Å². The molecule has 0 saturated carbocycles. The molecular weight excluding hydrogens is 296 g/mol. The molecule has 0 aliphatic carbocycles. The van der Waals surface area contributed by atoms with Crippen molar-refractivity contribution in [1.82, 2.24) is 4.31 Å². The Morgan fingerprint density at radius 2 is 2.10 bits per heavy atom. The molecule has 0 aromatic heterocycles. The first-order valence-corrected chi connectivity index (χ1v) is 7.92. The molecule has 120 valence electrons. The molecule has 1 unspecified atom stereocenters. The fraction of sp³-hybridized carbons (Fsp3) is 0.538. The number of nitrogens with two attached hydrogens (primary N) is 1. The lowest BCUT2D eigenvalue weighted by Gasteiger charge is -2.21. The van der Waals surface area contributed by atoms with E-state index in [0.717, 1.165) is 4.31 Å². The van der Waals surface area contributed by atoms with Gasteiger partial charge >= 0.3 is 0 Å². The lowest BCUT2D eigenvalue weighted by Crippen LogP contribution is -2.36. The van der Waals surface area contributed by atoms with Gasteiger partial charge in [-0.3, -0.25) is 0 Å². The van der Waals surface area contributed by atoms with Crippen LogP contribution in [-0.2, 0) is 14.8 Å². The van der Waals surface area contributed by atoms with Crippen molar-refractivity contribution in [3.63, 3.8) is 0 Å². The molecule has 0 saturated heterocycles. The maximum atomic E-state index is 12.6. The zero-order chi connectivity index (χ0) is 16.0. The molecule has 1 aromatic carbocycles. The summed E-state index contributed by atoms with van der Waals surface area (Å²) < 4.78 is 36.3. The monoisotopic (exact) mass is 318 g/mol.